The van der Waals surface area contributed by atoms with Gasteiger partial charge in [0, 0.05) is 6.07 Å². The number of amides is 1. The number of carbonyl (C=O) groups excluding carboxylic acids is 2. The molecule has 35 heavy (non-hydrogen) atoms. The number of alkyl carbamates (subject to hydrolysis) is 1. The predicted octanol–water partition coefficient (Wildman–Crippen LogP) is 5.75. The van der Waals surface area contributed by atoms with Crippen molar-refractivity contribution >= 4 is 23.0 Å². The second kappa shape index (κ2) is 10.3. The first-order chi connectivity index (χ1) is 16.4. The average molecular weight is 484 g/mol. The number of ether oxygens (including phenoxy) is 2. The van der Waals surface area contributed by atoms with Gasteiger partial charge in [-0.05, 0) is 63.4 Å². The van der Waals surface area contributed by atoms with Crippen molar-refractivity contribution in [2.24, 2.45) is 5.92 Å². The first kappa shape index (κ1) is 25.9. The molecule has 0 fully saturated rings. The Labute approximate surface area is 203 Å². The molecule has 0 aliphatic heterocycles. The minimum Gasteiger partial charge on any atom is -0.460 e. The van der Waals surface area contributed by atoms with E-state index in [1.54, 1.807) is 27.7 Å². The molecule has 1 heterocycles. The third kappa shape index (κ3) is 6.26. The normalized spacial score (nSPS) is 13.2. The van der Waals surface area contributed by atoms with Gasteiger partial charge in [0.1, 0.15) is 34.6 Å². The number of carbonyl (C=O) groups is 2. The van der Waals surface area contributed by atoms with Crippen molar-refractivity contribution in [1.29, 1.82) is 0 Å². The van der Waals surface area contributed by atoms with E-state index in [-0.39, 0.29) is 22.7 Å². The van der Waals surface area contributed by atoms with Crippen molar-refractivity contribution in [3.63, 3.8) is 0 Å². The summed E-state index contributed by atoms with van der Waals surface area (Å²) in [6, 6.07) is 9.11. The number of hydrogen-bond donors (Lipinski definition) is 1. The molecule has 7 nitrogen and oxygen atoms in total. The van der Waals surface area contributed by atoms with Crippen LogP contribution in [0.2, 0.25) is 0 Å². The van der Waals surface area contributed by atoms with Crippen molar-refractivity contribution in [2.45, 2.75) is 59.6 Å². The lowest BCUT2D eigenvalue weighted by molar-refractivity contribution is -0.138. The van der Waals surface area contributed by atoms with Crippen LogP contribution < -0.4 is 15.5 Å². The van der Waals surface area contributed by atoms with Gasteiger partial charge in [0.05, 0.1) is 10.9 Å². The van der Waals surface area contributed by atoms with E-state index in [1.165, 1.54) is 42.5 Å². The zero-order valence-corrected chi connectivity index (χ0v) is 20.7. The van der Waals surface area contributed by atoms with Crippen LogP contribution in [0.1, 0.15) is 46.8 Å². The maximum atomic E-state index is 13.3. The van der Waals surface area contributed by atoms with E-state index in [2.05, 4.69) is 5.32 Å². The van der Waals surface area contributed by atoms with Crippen molar-refractivity contribution in [1.82, 2.24) is 5.32 Å². The van der Waals surface area contributed by atoms with E-state index in [4.69, 9.17) is 13.9 Å². The van der Waals surface area contributed by atoms with Crippen LogP contribution in [0.5, 0.6) is 5.75 Å². The summed E-state index contributed by atoms with van der Waals surface area (Å²) in [5, 5.41) is 2.89. The number of rotatable bonds is 6. The first-order valence-corrected chi connectivity index (χ1v) is 11.4. The molecule has 1 N–H and O–H groups in total. The topological polar surface area (TPSA) is 94.8 Å². The van der Waals surface area contributed by atoms with Gasteiger partial charge in [0.2, 0.25) is 5.43 Å². The van der Waals surface area contributed by atoms with E-state index in [0.29, 0.717) is 28.7 Å². The molecule has 0 spiro atoms. The van der Waals surface area contributed by atoms with Gasteiger partial charge in [-0.3, -0.25) is 4.79 Å². The highest BCUT2D eigenvalue weighted by Gasteiger charge is 2.30. The summed E-state index contributed by atoms with van der Waals surface area (Å²) in [7, 11) is 0. The van der Waals surface area contributed by atoms with Crippen molar-refractivity contribution in [2.75, 3.05) is 0 Å². The number of hydrogen-bond acceptors (Lipinski definition) is 6. The number of fused-ring (bicyclic) bond motifs is 1. The molecular formula is C27H30FNO6. The lowest BCUT2D eigenvalue weighted by Gasteiger charge is -2.25. The highest BCUT2D eigenvalue weighted by Crippen LogP contribution is 2.27. The first-order valence-electron chi connectivity index (χ1n) is 11.4. The van der Waals surface area contributed by atoms with Crippen LogP contribution in [-0.2, 0) is 9.53 Å². The second-order valence-corrected chi connectivity index (χ2v) is 9.46. The SMILES string of the molecule is CCC(C)C(NC(=O)OC(C)(C)C)C(=O)Oc1ccc2c(=O)c(-c3ccc(F)cc3)c(C)oc2c1. The molecule has 2 unspecified atom stereocenters. The minimum atomic E-state index is -0.930. The lowest BCUT2D eigenvalue weighted by Crippen LogP contribution is -2.48. The number of halogens is 1. The molecule has 3 aromatic rings. The molecule has 0 saturated heterocycles. The minimum absolute atomic E-state index is 0.166. The summed E-state index contributed by atoms with van der Waals surface area (Å²) in [4.78, 5) is 38.3. The van der Waals surface area contributed by atoms with Crippen LogP contribution in [0.4, 0.5) is 9.18 Å². The zero-order valence-electron chi connectivity index (χ0n) is 20.7. The molecule has 0 aliphatic carbocycles. The van der Waals surface area contributed by atoms with Crippen molar-refractivity contribution in [3.05, 3.63) is 64.3 Å². The van der Waals surface area contributed by atoms with E-state index < -0.39 is 29.5 Å². The van der Waals surface area contributed by atoms with Crippen molar-refractivity contribution in [3.8, 4) is 16.9 Å². The summed E-state index contributed by atoms with van der Waals surface area (Å²) in [5.41, 5.74) is 0.121. The highest BCUT2D eigenvalue weighted by molar-refractivity contribution is 5.86. The average Bonchev–Trinajstić information content (AvgIpc) is 2.76. The molecule has 1 aromatic heterocycles. The fraction of sp³-hybridized carbons (Fsp3) is 0.370. The molecule has 2 aromatic carbocycles. The molecule has 3 rings (SSSR count). The Morgan fingerprint density at radius 2 is 1.77 bits per heavy atom. The van der Waals surface area contributed by atoms with Gasteiger partial charge in [0.25, 0.3) is 0 Å². The Morgan fingerprint density at radius 1 is 1.11 bits per heavy atom. The summed E-state index contributed by atoms with van der Waals surface area (Å²) >= 11 is 0. The molecule has 0 aliphatic rings. The van der Waals surface area contributed by atoms with Crippen molar-refractivity contribution < 1.29 is 27.9 Å². The third-order valence-corrected chi connectivity index (χ3v) is 5.53. The van der Waals surface area contributed by atoms with Crippen LogP contribution in [0.15, 0.2) is 51.7 Å². The summed E-state index contributed by atoms with van der Waals surface area (Å²) in [6.07, 6.45) is -0.0961. The monoisotopic (exact) mass is 483 g/mol. The number of aryl methyl sites for hydroxylation is 1. The van der Waals surface area contributed by atoms with E-state index in [0.717, 1.165) is 0 Å². The van der Waals surface area contributed by atoms with Crippen LogP contribution >= 0.6 is 0 Å². The molecular weight excluding hydrogens is 453 g/mol. The Kier molecular flexibility index (Phi) is 7.63. The number of benzene rings is 2. The molecule has 1 amide bonds. The Bertz CT molecular complexity index is 1290. The van der Waals surface area contributed by atoms with Gasteiger partial charge >= 0.3 is 12.1 Å². The maximum absolute atomic E-state index is 13.3. The highest BCUT2D eigenvalue weighted by atomic mass is 19.1. The van der Waals surface area contributed by atoms with E-state index in [1.807, 2.05) is 13.8 Å². The fourth-order valence-corrected chi connectivity index (χ4v) is 3.58. The van der Waals surface area contributed by atoms with Crippen LogP contribution in [-0.4, -0.2) is 23.7 Å². The zero-order chi connectivity index (χ0) is 25.9. The number of esters is 1. The standard InChI is InChI=1S/C27H30FNO6/c1-7-15(2)23(29-26(32)35-27(4,5)6)25(31)34-19-12-13-20-21(14-19)33-16(3)22(24(20)30)17-8-10-18(28)11-9-17/h8-15,23H,7H2,1-6H3,(H,29,32). The van der Waals surface area contributed by atoms with Gasteiger partial charge in [-0.1, -0.05) is 32.4 Å². The maximum Gasteiger partial charge on any atom is 0.408 e. The molecule has 2 atom stereocenters. The Hall–Kier alpha value is -3.68. The third-order valence-electron chi connectivity index (χ3n) is 5.53. The fourth-order valence-electron chi connectivity index (χ4n) is 3.58. The predicted molar refractivity (Wildman–Crippen MR) is 131 cm³/mol. The number of nitrogens with one attached hydrogen (secondary N) is 1. The smallest absolute Gasteiger partial charge is 0.408 e. The van der Waals surface area contributed by atoms with Crippen LogP contribution in [0, 0.1) is 18.7 Å². The van der Waals surface area contributed by atoms with Gasteiger partial charge in [0.15, 0.2) is 0 Å². The van der Waals surface area contributed by atoms with E-state index in [9.17, 15) is 18.8 Å². The quantitative estimate of drug-likeness (QED) is 0.354. The summed E-state index contributed by atoms with van der Waals surface area (Å²) in [5.74, 6) is -0.763. The summed E-state index contributed by atoms with van der Waals surface area (Å²) < 4.78 is 30.0. The van der Waals surface area contributed by atoms with Gasteiger partial charge in [-0.15, -0.1) is 0 Å². The molecule has 186 valence electrons. The van der Waals surface area contributed by atoms with Crippen LogP contribution in [0.3, 0.4) is 0 Å². The van der Waals surface area contributed by atoms with Gasteiger partial charge < -0.3 is 19.2 Å². The van der Waals surface area contributed by atoms with Crippen LogP contribution in [0.25, 0.3) is 22.1 Å². The van der Waals surface area contributed by atoms with Gasteiger partial charge in [-0.2, -0.15) is 0 Å². The molecule has 0 radical (unpaired) electrons. The second-order valence-electron chi connectivity index (χ2n) is 9.46. The molecule has 8 heteroatoms. The Morgan fingerprint density at radius 3 is 2.37 bits per heavy atom. The lowest BCUT2D eigenvalue weighted by atomic mass is 9.99. The van der Waals surface area contributed by atoms with E-state index >= 15 is 0 Å². The Balaban J connectivity index is 1.88. The van der Waals surface area contributed by atoms with Gasteiger partial charge in [-0.25, -0.2) is 14.0 Å². The molecule has 0 bridgehead atoms. The largest absolute Gasteiger partial charge is 0.460 e. The molecule has 0 saturated carbocycles. The summed E-state index contributed by atoms with van der Waals surface area (Å²) in [6.45, 7) is 10.6.